The lowest BCUT2D eigenvalue weighted by molar-refractivity contribution is 0.0873. The molecule has 0 amide bonds. The number of H-pyrrole nitrogens is 1. The van der Waals surface area contributed by atoms with Gasteiger partial charge in [-0.1, -0.05) is 43.7 Å². The van der Waals surface area contributed by atoms with Crippen molar-refractivity contribution < 1.29 is 0 Å². The molecule has 3 heterocycles. The summed E-state index contributed by atoms with van der Waals surface area (Å²) in [5.41, 5.74) is 2.74. The van der Waals surface area contributed by atoms with Gasteiger partial charge in [-0.2, -0.15) is 0 Å². The van der Waals surface area contributed by atoms with Crippen LogP contribution in [0.4, 0.5) is 0 Å². The highest BCUT2D eigenvalue weighted by Gasteiger charge is 2.35. The third-order valence-corrected chi connectivity index (χ3v) is 5.74. The molecule has 1 fully saturated rings. The molecular weight excluding hydrogens is 268 g/mol. The van der Waals surface area contributed by atoms with E-state index >= 15 is 0 Å². The second-order valence-electron chi connectivity index (χ2n) is 6.98. The number of nitrogens with one attached hydrogen (secondary N) is 1. The lowest BCUT2D eigenvalue weighted by Gasteiger charge is -2.46. The Kier molecular flexibility index (Phi) is 3.79. The Morgan fingerprint density at radius 3 is 2.95 bits per heavy atom. The summed E-state index contributed by atoms with van der Waals surface area (Å²) in [5.74, 6) is 1.74. The minimum atomic E-state index is 0.706. The molecule has 2 nitrogen and oxygen atoms in total. The topological polar surface area (TPSA) is 19.0 Å². The number of hydrogen-bond donors (Lipinski definition) is 1. The molecule has 2 heteroatoms. The van der Waals surface area contributed by atoms with Gasteiger partial charge in [-0.15, -0.1) is 0 Å². The molecular formula is C20H26N2. The molecule has 0 saturated carbocycles. The van der Waals surface area contributed by atoms with E-state index in [1.54, 1.807) is 0 Å². The minimum Gasteiger partial charge on any atom is -0.361 e. The first-order chi connectivity index (χ1) is 10.8. The third-order valence-electron chi connectivity index (χ3n) is 5.74. The van der Waals surface area contributed by atoms with Crippen LogP contribution >= 0.6 is 0 Å². The fourth-order valence-electron chi connectivity index (χ4n) is 4.42. The average molecular weight is 294 g/mol. The number of rotatable bonds is 5. The Bertz CT molecular complexity index is 669. The van der Waals surface area contributed by atoms with Gasteiger partial charge in [-0.05, 0) is 49.3 Å². The zero-order valence-electron chi connectivity index (χ0n) is 13.5. The number of fused-ring (bicyclic) bond motifs is 3. The third kappa shape index (κ3) is 2.50. The number of benzene rings is 1. The average Bonchev–Trinajstić information content (AvgIpc) is 2.99. The molecule has 1 aliphatic carbocycles. The van der Waals surface area contributed by atoms with E-state index in [1.165, 1.54) is 55.2 Å². The van der Waals surface area contributed by atoms with Crippen LogP contribution in [0.25, 0.3) is 10.9 Å². The standard InChI is InChI=1S/C20H26N2/c1-2-15-12-18-10-9-17(15)14-22(18)11-5-6-16-13-21-20-8-4-3-7-19(16)20/h3-4,7-10,13,15,17-18,21H,2,5-6,11-12,14H2,1H3/t15-,17?,18?/m1/s1. The number of aromatic nitrogens is 1. The van der Waals surface area contributed by atoms with E-state index in [4.69, 9.17) is 0 Å². The second kappa shape index (κ2) is 5.92. The fourth-order valence-corrected chi connectivity index (χ4v) is 4.42. The Labute approximate surface area is 133 Å². The van der Waals surface area contributed by atoms with Gasteiger partial charge < -0.3 is 4.98 Å². The quantitative estimate of drug-likeness (QED) is 0.810. The van der Waals surface area contributed by atoms with Crippen molar-refractivity contribution in [2.45, 2.75) is 38.6 Å². The van der Waals surface area contributed by atoms with Crippen molar-refractivity contribution in [2.75, 3.05) is 13.1 Å². The van der Waals surface area contributed by atoms with Gasteiger partial charge in [0.2, 0.25) is 0 Å². The SMILES string of the molecule is CC[C@@H]1CC2C=CC1CN2CCCc1c[nH]c2ccccc12. The second-order valence-corrected chi connectivity index (χ2v) is 6.98. The molecule has 1 aromatic heterocycles. The Balaban J connectivity index is 1.36. The summed E-state index contributed by atoms with van der Waals surface area (Å²) in [6, 6.07) is 9.34. The van der Waals surface area contributed by atoms with Crippen molar-refractivity contribution in [3.8, 4) is 0 Å². The first-order valence-electron chi connectivity index (χ1n) is 8.82. The van der Waals surface area contributed by atoms with Crippen LogP contribution in [0.15, 0.2) is 42.6 Å². The predicted octanol–water partition coefficient (Wildman–Crippen LogP) is 4.39. The molecule has 2 unspecified atom stereocenters. The Hall–Kier alpha value is -1.54. The van der Waals surface area contributed by atoms with E-state index in [0.717, 1.165) is 11.8 Å². The summed E-state index contributed by atoms with van der Waals surface area (Å²) in [4.78, 5) is 6.11. The van der Waals surface area contributed by atoms with Gasteiger partial charge in [-0.3, -0.25) is 4.90 Å². The van der Waals surface area contributed by atoms with Gasteiger partial charge in [0, 0.05) is 29.7 Å². The Morgan fingerprint density at radius 1 is 1.23 bits per heavy atom. The summed E-state index contributed by atoms with van der Waals surface area (Å²) in [7, 11) is 0. The fraction of sp³-hybridized carbons (Fsp3) is 0.500. The van der Waals surface area contributed by atoms with Crippen LogP contribution in [-0.4, -0.2) is 29.0 Å². The van der Waals surface area contributed by atoms with Gasteiger partial charge >= 0.3 is 0 Å². The van der Waals surface area contributed by atoms with E-state index < -0.39 is 0 Å². The maximum absolute atomic E-state index is 3.39. The van der Waals surface area contributed by atoms with Crippen LogP contribution in [0, 0.1) is 11.8 Å². The zero-order chi connectivity index (χ0) is 14.9. The summed E-state index contributed by atoms with van der Waals surface area (Å²) in [6.07, 6.45) is 12.3. The van der Waals surface area contributed by atoms with Gasteiger partial charge in [-0.25, -0.2) is 0 Å². The normalized spacial score (nSPS) is 27.8. The lowest BCUT2D eigenvalue weighted by Crippen LogP contribution is -2.49. The number of para-hydroxylation sites is 1. The van der Waals surface area contributed by atoms with Gasteiger partial charge in [0.15, 0.2) is 0 Å². The van der Waals surface area contributed by atoms with E-state index in [9.17, 15) is 0 Å². The molecule has 2 aliphatic heterocycles. The number of nitrogens with zero attached hydrogens (tertiary/aromatic N) is 1. The van der Waals surface area contributed by atoms with Crippen LogP contribution in [0.1, 0.15) is 31.7 Å². The first kappa shape index (κ1) is 14.1. The number of aromatic amines is 1. The van der Waals surface area contributed by atoms with Gasteiger partial charge in [0.1, 0.15) is 0 Å². The zero-order valence-corrected chi connectivity index (χ0v) is 13.5. The maximum atomic E-state index is 3.39. The molecule has 3 aliphatic rings. The predicted molar refractivity (Wildman–Crippen MR) is 93.0 cm³/mol. The van der Waals surface area contributed by atoms with Crippen molar-refractivity contribution in [1.82, 2.24) is 9.88 Å². The molecule has 22 heavy (non-hydrogen) atoms. The van der Waals surface area contributed by atoms with E-state index in [1.807, 2.05) is 0 Å². The Morgan fingerprint density at radius 2 is 2.14 bits per heavy atom. The largest absolute Gasteiger partial charge is 0.361 e. The summed E-state index contributed by atoms with van der Waals surface area (Å²) >= 11 is 0. The molecule has 0 spiro atoms. The summed E-state index contributed by atoms with van der Waals surface area (Å²) in [6.45, 7) is 4.87. The molecule has 2 bridgehead atoms. The number of aryl methyl sites for hydroxylation is 1. The number of piperidine rings is 1. The molecule has 5 rings (SSSR count). The van der Waals surface area contributed by atoms with Crippen molar-refractivity contribution in [2.24, 2.45) is 11.8 Å². The smallest absolute Gasteiger partial charge is 0.0456 e. The van der Waals surface area contributed by atoms with Gasteiger partial charge in [0.25, 0.3) is 0 Å². The molecule has 1 N–H and O–H groups in total. The van der Waals surface area contributed by atoms with Crippen LogP contribution < -0.4 is 0 Å². The molecule has 116 valence electrons. The van der Waals surface area contributed by atoms with Crippen LogP contribution in [0.5, 0.6) is 0 Å². The van der Waals surface area contributed by atoms with Crippen molar-refractivity contribution in [3.05, 3.63) is 48.2 Å². The van der Waals surface area contributed by atoms with Crippen LogP contribution in [0.3, 0.4) is 0 Å². The minimum absolute atomic E-state index is 0.706. The van der Waals surface area contributed by atoms with E-state index in [-0.39, 0.29) is 0 Å². The highest BCUT2D eigenvalue weighted by molar-refractivity contribution is 5.82. The highest BCUT2D eigenvalue weighted by atomic mass is 15.2. The van der Waals surface area contributed by atoms with Crippen LogP contribution in [0.2, 0.25) is 0 Å². The van der Waals surface area contributed by atoms with Crippen molar-refractivity contribution >= 4 is 10.9 Å². The monoisotopic (exact) mass is 294 g/mol. The highest BCUT2D eigenvalue weighted by Crippen LogP contribution is 2.36. The molecule has 3 atom stereocenters. The van der Waals surface area contributed by atoms with E-state index in [2.05, 4.69) is 59.4 Å². The van der Waals surface area contributed by atoms with E-state index in [0.29, 0.717) is 6.04 Å². The molecule has 1 aromatic carbocycles. The molecule has 1 saturated heterocycles. The van der Waals surface area contributed by atoms with Crippen molar-refractivity contribution in [1.29, 1.82) is 0 Å². The summed E-state index contributed by atoms with van der Waals surface area (Å²) < 4.78 is 0. The number of hydrogen-bond acceptors (Lipinski definition) is 1. The van der Waals surface area contributed by atoms with Crippen LogP contribution in [-0.2, 0) is 6.42 Å². The molecule has 2 aromatic rings. The lowest BCUT2D eigenvalue weighted by atomic mass is 9.75. The summed E-state index contributed by atoms with van der Waals surface area (Å²) in [5, 5.41) is 1.40. The maximum Gasteiger partial charge on any atom is 0.0456 e. The molecule has 0 radical (unpaired) electrons. The van der Waals surface area contributed by atoms with Crippen molar-refractivity contribution in [3.63, 3.8) is 0 Å². The first-order valence-corrected chi connectivity index (χ1v) is 8.82. The van der Waals surface area contributed by atoms with Gasteiger partial charge in [0.05, 0.1) is 0 Å².